The van der Waals surface area contributed by atoms with Gasteiger partial charge in [0.1, 0.15) is 0 Å². The first-order chi connectivity index (χ1) is 4.16. The molecule has 0 unspecified atom stereocenters. The lowest BCUT2D eigenvalue weighted by Gasteiger charge is -2.09. The van der Waals surface area contributed by atoms with Gasteiger partial charge < -0.3 is 9.47 Å². The highest BCUT2D eigenvalue weighted by molar-refractivity contribution is 7.79. The minimum atomic E-state index is 0.115. The fourth-order valence-corrected chi connectivity index (χ4v) is 0.655. The Kier molecular flexibility index (Phi) is 4.40. The molecule has 0 N–H and O–H groups in total. The second kappa shape index (κ2) is 4.56. The van der Waals surface area contributed by atoms with Crippen LogP contribution >= 0.6 is 12.2 Å². The van der Waals surface area contributed by atoms with E-state index in [-0.39, 0.29) is 11.3 Å². The van der Waals surface area contributed by atoms with Gasteiger partial charge in [-0.25, -0.2) is 0 Å². The standard InChI is InChI=1S/C6H12O2S/c1-4-7-6(9)8-5(2)3/h5H,4H2,1-3H3. The van der Waals surface area contributed by atoms with Crippen molar-refractivity contribution in [3.05, 3.63) is 0 Å². The topological polar surface area (TPSA) is 18.5 Å². The molecule has 0 radical (unpaired) electrons. The summed E-state index contributed by atoms with van der Waals surface area (Å²) in [5.41, 5.74) is 0. The molecular weight excluding hydrogens is 136 g/mol. The number of rotatable bonds is 2. The Bertz CT molecular complexity index is 91.1. The van der Waals surface area contributed by atoms with Crippen LogP contribution in [0.25, 0.3) is 0 Å². The van der Waals surface area contributed by atoms with Gasteiger partial charge in [-0.1, -0.05) is 0 Å². The van der Waals surface area contributed by atoms with Gasteiger partial charge in [-0.3, -0.25) is 0 Å². The molecule has 0 aliphatic rings. The van der Waals surface area contributed by atoms with Crippen LogP contribution < -0.4 is 0 Å². The zero-order chi connectivity index (χ0) is 7.28. The molecule has 54 valence electrons. The van der Waals surface area contributed by atoms with Crippen LogP contribution in [0.15, 0.2) is 0 Å². The van der Waals surface area contributed by atoms with E-state index in [2.05, 4.69) is 12.2 Å². The lowest BCUT2D eigenvalue weighted by molar-refractivity contribution is 0.145. The van der Waals surface area contributed by atoms with E-state index < -0.39 is 0 Å². The highest BCUT2D eigenvalue weighted by Gasteiger charge is 1.98. The molecule has 0 heterocycles. The summed E-state index contributed by atoms with van der Waals surface area (Å²) in [7, 11) is 0. The molecular formula is C6H12O2S. The smallest absolute Gasteiger partial charge is 0.352 e. The minimum absolute atomic E-state index is 0.115. The van der Waals surface area contributed by atoms with Crippen molar-refractivity contribution in [1.82, 2.24) is 0 Å². The van der Waals surface area contributed by atoms with Crippen LogP contribution in [-0.2, 0) is 9.47 Å². The lowest BCUT2D eigenvalue weighted by Crippen LogP contribution is -2.12. The molecule has 0 spiro atoms. The van der Waals surface area contributed by atoms with E-state index in [9.17, 15) is 0 Å². The number of ether oxygens (including phenoxy) is 2. The van der Waals surface area contributed by atoms with Crippen LogP contribution in [0.2, 0.25) is 0 Å². The molecule has 0 fully saturated rings. The summed E-state index contributed by atoms with van der Waals surface area (Å²) in [5.74, 6) is 0. The molecule has 0 saturated heterocycles. The Morgan fingerprint density at radius 1 is 1.56 bits per heavy atom. The molecule has 0 saturated carbocycles. The van der Waals surface area contributed by atoms with E-state index in [1.165, 1.54) is 0 Å². The Morgan fingerprint density at radius 3 is 2.44 bits per heavy atom. The fraction of sp³-hybridized carbons (Fsp3) is 0.833. The molecule has 0 aromatic heterocycles. The first-order valence-electron chi connectivity index (χ1n) is 3.00. The highest BCUT2D eigenvalue weighted by Crippen LogP contribution is 1.91. The fourth-order valence-electron chi connectivity index (χ4n) is 0.344. The lowest BCUT2D eigenvalue weighted by atomic mass is 10.5. The normalized spacial score (nSPS) is 9.33. The summed E-state index contributed by atoms with van der Waals surface area (Å²) in [4.78, 5) is 0. The molecule has 0 aliphatic heterocycles. The number of hydrogen-bond acceptors (Lipinski definition) is 3. The van der Waals surface area contributed by atoms with Gasteiger partial charge in [-0.2, -0.15) is 0 Å². The highest BCUT2D eigenvalue weighted by atomic mass is 32.1. The predicted molar refractivity (Wildman–Crippen MR) is 40.4 cm³/mol. The molecule has 0 amide bonds. The second-order valence-electron chi connectivity index (χ2n) is 1.85. The van der Waals surface area contributed by atoms with Gasteiger partial charge in [0.15, 0.2) is 0 Å². The van der Waals surface area contributed by atoms with Gasteiger partial charge in [0.05, 0.1) is 12.7 Å². The third kappa shape index (κ3) is 5.56. The van der Waals surface area contributed by atoms with Crippen molar-refractivity contribution in [1.29, 1.82) is 0 Å². The third-order valence-electron chi connectivity index (χ3n) is 0.594. The SMILES string of the molecule is CCOC(=S)OC(C)C. The van der Waals surface area contributed by atoms with Crippen LogP contribution in [0.3, 0.4) is 0 Å². The van der Waals surface area contributed by atoms with Crippen molar-refractivity contribution < 1.29 is 9.47 Å². The van der Waals surface area contributed by atoms with Gasteiger partial charge >= 0.3 is 5.24 Å². The molecule has 2 nitrogen and oxygen atoms in total. The summed E-state index contributed by atoms with van der Waals surface area (Å²) in [6, 6.07) is 0. The molecule has 0 rings (SSSR count). The molecule has 0 bridgehead atoms. The van der Waals surface area contributed by atoms with Crippen LogP contribution in [0.5, 0.6) is 0 Å². The van der Waals surface area contributed by atoms with Gasteiger partial charge in [0.25, 0.3) is 0 Å². The van der Waals surface area contributed by atoms with Crippen molar-refractivity contribution in [3.63, 3.8) is 0 Å². The Hall–Kier alpha value is -0.310. The van der Waals surface area contributed by atoms with Crippen molar-refractivity contribution in [2.45, 2.75) is 26.9 Å². The molecule has 9 heavy (non-hydrogen) atoms. The summed E-state index contributed by atoms with van der Waals surface area (Å²) >= 11 is 4.68. The van der Waals surface area contributed by atoms with Crippen molar-refractivity contribution in [3.8, 4) is 0 Å². The maximum atomic E-state index is 5.00. The van der Waals surface area contributed by atoms with Crippen LogP contribution in [0.1, 0.15) is 20.8 Å². The molecule has 0 atom stereocenters. The zero-order valence-corrected chi connectivity index (χ0v) is 6.83. The molecule has 3 heteroatoms. The van der Waals surface area contributed by atoms with Crippen LogP contribution in [0.4, 0.5) is 0 Å². The average molecular weight is 148 g/mol. The first-order valence-corrected chi connectivity index (χ1v) is 3.41. The maximum absolute atomic E-state index is 5.00. The predicted octanol–water partition coefficient (Wildman–Crippen LogP) is 1.73. The largest absolute Gasteiger partial charge is 0.457 e. The Balaban J connectivity index is 3.27. The van der Waals surface area contributed by atoms with E-state index >= 15 is 0 Å². The summed E-state index contributed by atoms with van der Waals surface area (Å²) in [6.07, 6.45) is 0.115. The van der Waals surface area contributed by atoms with Crippen molar-refractivity contribution in [2.24, 2.45) is 0 Å². The van der Waals surface area contributed by atoms with E-state index in [1.807, 2.05) is 20.8 Å². The summed E-state index contributed by atoms with van der Waals surface area (Å²) < 4.78 is 9.86. The van der Waals surface area contributed by atoms with Gasteiger partial charge in [-0.15, -0.1) is 0 Å². The van der Waals surface area contributed by atoms with Crippen molar-refractivity contribution in [2.75, 3.05) is 6.61 Å². The zero-order valence-electron chi connectivity index (χ0n) is 6.01. The van der Waals surface area contributed by atoms with E-state index in [0.717, 1.165) is 0 Å². The van der Waals surface area contributed by atoms with E-state index in [1.54, 1.807) is 0 Å². The number of thiocarbonyl (C=S) groups is 1. The molecule has 0 aromatic rings. The minimum Gasteiger partial charge on any atom is -0.457 e. The Morgan fingerprint density at radius 2 is 2.11 bits per heavy atom. The molecule has 0 aliphatic carbocycles. The maximum Gasteiger partial charge on any atom is 0.352 e. The van der Waals surface area contributed by atoms with Crippen molar-refractivity contribution >= 4 is 17.5 Å². The van der Waals surface area contributed by atoms with E-state index in [0.29, 0.717) is 6.61 Å². The van der Waals surface area contributed by atoms with Crippen LogP contribution in [0, 0.1) is 0 Å². The summed E-state index contributed by atoms with van der Waals surface area (Å²) in [5, 5.41) is 0.243. The van der Waals surface area contributed by atoms with Crippen LogP contribution in [-0.4, -0.2) is 17.9 Å². The summed E-state index contributed by atoms with van der Waals surface area (Å²) in [6.45, 7) is 6.26. The van der Waals surface area contributed by atoms with Gasteiger partial charge in [0, 0.05) is 12.2 Å². The van der Waals surface area contributed by atoms with Gasteiger partial charge in [0.2, 0.25) is 0 Å². The van der Waals surface area contributed by atoms with E-state index in [4.69, 9.17) is 9.47 Å². The number of hydrogen-bond donors (Lipinski definition) is 0. The molecule has 0 aromatic carbocycles. The first kappa shape index (κ1) is 8.69. The van der Waals surface area contributed by atoms with Gasteiger partial charge in [-0.05, 0) is 20.8 Å². The second-order valence-corrected chi connectivity index (χ2v) is 2.18. The quantitative estimate of drug-likeness (QED) is 0.556. The third-order valence-corrected chi connectivity index (χ3v) is 0.808. The average Bonchev–Trinajstić information content (AvgIpc) is 1.63. The monoisotopic (exact) mass is 148 g/mol. The Labute approximate surface area is 61.1 Å².